The molecule has 0 aromatic heterocycles. The van der Waals surface area contributed by atoms with Crippen LogP contribution in [0.15, 0.2) is 24.3 Å². The summed E-state index contributed by atoms with van der Waals surface area (Å²) in [5.41, 5.74) is 0.804. The molecule has 0 spiro atoms. The number of hydrogen-bond donors (Lipinski definition) is 1. The summed E-state index contributed by atoms with van der Waals surface area (Å²) in [4.78, 5) is 25.1. The Morgan fingerprint density at radius 3 is 2.55 bits per heavy atom. The zero-order valence-electron chi connectivity index (χ0n) is 11.8. The average molecular weight is 275 g/mol. The lowest BCUT2D eigenvalue weighted by Crippen LogP contribution is -2.32. The molecule has 20 heavy (non-hydrogen) atoms. The monoisotopic (exact) mass is 275 g/mol. The molecule has 1 amide bonds. The van der Waals surface area contributed by atoms with Crippen molar-refractivity contribution in [3.8, 4) is 0 Å². The molecule has 1 aromatic rings. The van der Waals surface area contributed by atoms with Crippen LogP contribution in [-0.4, -0.2) is 35.5 Å². The lowest BCUT2D eigenvalue weighted by molar-refractivity contribution is -0.129. The van der Waals surface area contributed by atoms with Crippen LogP contribution in [0.2, 0.25) is 0 Å². The molecular weight excluding hydrogens is 254 g/mol. The van der Waals surface area contributed by atoms with Crippen molar-refractivity contribution in [2.75, 3.05) is 13.6 Å². The summed E-state index contributed by atoms with van der Waals surface area (Å²) >= 11 is 0. The second-order valence-corrected chi connectivity index (χ2v) is 5.56. The molecule has 108 valence electrons. The molecule has 4 heteroatoms. The van der Waals surface area contributed by atoms with Crippen molar-refractivity contribution in [1.82, 2.24) is 4.90 Å². The van der Waals surface area contributed by atoms with Crippen molar-refractivity contribution in [3.05, 3.63) is 35.4 Å². The van der Waals surface area contributed by atoms with E-state index in [-0.39, 0.29) is 17.9 Å². The van der Waals surface area contributed by atoms with Gasteiger partial charge in [-0.05, 0) is 30.4 Å². The van der Waals surface area contributed by atoms with Crippen LogP contribution >= 0.6 is 0 Å². The number of nitrogens with zero attached hydrogens (tertiary/aromatic N) is 1. The molecular formula is C16H21NO3. The molecule has 4 nitrogen and oxygen atoms in total. The molecule has 0 atom stereocenters. The first kappa shape index (κ1) is 14.6. The number of rotatable bonds is 5. The molecule has 0 radical (unpaired) electrons. The van der Waals surface area contributed by atoms with Gasteiger partial charge in [0.2, 0.25) is 5.91 Å². The third kappa shape index (κ3) is 3.59. The van der Waals surface area contributed by atoms with E-state index >= 15 is 0 Å². The number of carbonyl (C=O) groups is 2. The van der Waals surface area contributed by atoms with Gasteiger partial charge < -0.3 is 10.0 Å². The second-order valence-electron chi connectivity index (χ2n) is 5.56. The smallest absolute Gasteiger partial charge is 0.335 e. The van der Waals surface area contributed by atoms with E-state index < -0.39 is 5.97 Å². The van der Waals surface area contributed by atoms with E-state index in [2.05, 4.69) is 0 Å². The molecule has 1 aromatic carbocycles. The highest BCUT2D eigenvalue weighted by atomic mass is 16.4. The maximum absolute atomic E-state index is 12.2. The molecule has 0 bridgehead atoms. The van der Waals surface area contributed by atoms with Gasteiger partial charge in [-0.1, -0.05) is 31.0 Å². The highest BCUT2D eigenvalue weighted by molar-refractivity contribution is 5.91. The first-order valence-corrected chi connectivity index (χ1v) is 7.13. The summed E-state index contributed by atoms with van der Waals surface area (Å²) in [5.74, 6) is -0.379. The normalized spacial score (nSPS) is 15.2. The maximum Gasteiger partial charge on any atom is 0.335 e. The van der Waals surface area contributed by atoms with E-state index in [1.807, 2.05) is 7.05 Å². The highest BCUT2D eigenvalue weighted by Gasteiger charge is 2.20. The van der Waals surface area contributed by atoms with Crippen LogP contribution in [-0.2, 0) is 11.2 Å². The van der Waals surface area contributed by atoms with Gasteiger partial charge in [-0.25, -0.2) is 4.79 Å². The van der Waals surface area contributed by atoms with Crippen LogP contribution in [0, 0.1) is 5.92 Å². The third-order valence-electron chi connectivity index (χ3n) is 4.02. The fourth-order valence-electron chi connectivity index (χ4n) is 2.86. The minimum atomic E-state index is -0.980. The van der Waals surface area contributed by atoms with Crippen LogP contribution in [0.1, 0.15) is 41.6 Å². The SMILES string of the molecule is CN(CC1CCCC1)C(=O)Cc1ccccc1C(=O)O. The summed E-state index contributed by atoms with van der Waals surface area (Å²) < 4.78 is 0. The fraction of sp³-hybridized carbons (Fsp3) is 0.500. The molecule has 1 fully saturated rings. The van der Waals surface area contributed by atoms with E-state index in [9.17, 15) is 9.59 Å². The fourth-order valence-corrected chi connectivity index (χ4v) is 2.86. The van der Waals surface area contributed by atoms with E-state index in [1.165, 1.54) is 25.7 Å². The van der Waals surface area contributed by atoms with Crippen molar-refractivity contribution >= 4 is 11.9 Å². The van der Waals surface area contributed by atoms with Gasteiger partial charge in [0.05, 0.1) is 12.0 Å². The van der Waals surface area contributed by atoms with E-state index in [4.69, 9.17) is 5.11 Å². The molecule has 1 aliphatic carbocycles. The molecule has 0 saturated heterocycles. The highest BCUT2D eigenvalue weighted by Crippen LogP contribution is 2.25. The molecule has 1 aliphatic rings. The summed E-state index contributed by atoms with van der Waals surface area (Å²) in [6, 6.07) is 6.71. The van der Waals surface area contributed by atoms with Crippen molar-refractivity contribution in [2.45, 2.75) is 32.1 Å². The first-order valence-electron chi connectivity index (χ1n) is 7.13. The molecule has 1 saturated carbocycles. The Bertz CT molecular complexity index is 492. The predicted octanol–water partition coefficient (Wildman–Crippen LogP) is 2.58. The lowest BCUT2D eigenvalue weighted by Gasteiger charge is -2.21. The number of benzene rings is 1. The quantitative estimate of drug-likeness (QED) is 0.898. The van der Waals surface area contributed by atoms with Gasteiger partial charge in [0.1, 0.15) is 0 Å². The molecule has 0 unspecified atom stereocenters. The van der Waals surface area contributed by atoms with Gasteiger partial charge in [-0.2, -0.15) is 0 Å². The van der Waals surface area contributed by atoms with Crippen molar-refractivity contribution in [1.29, 1.82) is 0 Å². The number of amides is 1. The van der Waals surface area contributed by atoms with Gasteiger partial charge in [0.15, 0.2) is 0 Å². The number of aromatic carboxylic acids is 1. The Labute approximate surface area is 119 Å². The van der Waals surface area contributed by atoms with Crippen molar-refractivity contribution < 1.29 is 14.7 Å². The van der Waals surface area contributed by atoms with E-state index in [0.717, 1.165) is 6.54 Å². The summed E-state index contributed by atoms with van der Waals surface area (Å²) in [7, 11) is 1.81. The number of carbonyl (C=O) groups excluding carboxylic acids is 1. The Hall–Kier alpha value is -1.84. The van der Waals surface area contributed by atoms with Crippen LogP contribution in [0.5, 0.6) is 0 Å². The second kappa shape index (κ2) is 6.55. The van der Waals surface area contributed by atoms with Gasteiger partial charge in [-0.15, -0.1) is 0 Å². The number of likely N-dealkylation sites (N-methyl/N-ethyl adjacent to an activating group) is 1. The van der Waals surface area contributed by atoms with E-state index in [1.54, 1.807) is 29.2 Å². The standard InChI is InChI=1S/C16H21NO3/c1-17(11-12-6-2-3-7-12)15(18)10-13-8-4-5-9-14(13)16(19)20/h4-5,8-9,12H,2-3,6-7,10-11H2,1H3,(H,19,20). The lowest BCUT2D eigenvalue weighted by atomic mass is 10.0. The number of carboxylic acid groups (broad SMARTS) is 1. The Morgan fingerprint density at radius 2 is 1.90 bits per heavy atom. The van der Waals surface area contributed by atoms with Gasteiger partial charge in [0.25, 0.3) is 0 Å². The molecule has 2 rings (SSSR count). The largest absolute Gasteiger partial charge is 0.478 e. The number of hydrogen-bond acceptors (Lipinski definition) is 2. The Morgan fingerprint density at radius 1 is 1.25 bits per heavy atom. The first-order chi connectivity index (χ1) is 9.58. The average Bonchev–Trinajstić information content (AvgIpc) is 2.91. The molecule has 1 N–H and O–H groups in total. The van der Waals surface area contributed by atoms with Crippen LogP contribution in [0.25, 0.3) is 0 Å². The summed E-state index contributed by atoms with van der Waals surface area (Å²) in [5, 5.41) is 9.12. The number of carboxylic acids is 1. The summed E-state index contributed by atoms with van der Waals surface area (Å²) in [6.45, 7) is 0.786. The van der Waals surface area contributed by atoms with Crippen molar-refractivity contribution in [3.63, 3.8) is 0 Å². The minimum Gasteiger partial charge on any atom is -0.478 e. The summed E-state index contributed by atoms with van der Waals surface area (Å²) in [6.07, 6.45) is 5.07. The maximum atomic E-state index is 12.2. The van der Waals surface area contributed by atoms with Gasteiger partial charge >= 0.3 is 5.97 Å². The van der Waals surface area contributed by atoms with E-state index in [0.29, 0.717) is 11.5 Å². The van der Waals surface area contributed by atoms with Crippen LogP contribution in [0.4, 0.5) is 0 Å². The van der Waals surface area contributed by atoms with Crippen LogP contribution in [0.3, 0.4) is 0 Å². The predicted molar refractivity (Wildman–Crippen MR) is 76.7 cm³/mol. The van der Waals surface area contributed by atoms with Gasteiger partial charge in [-0.3, -0.25) is 4.79 Å². The van der Waals surface area contributed by atoms with Gasteiger partial charge in [0, 0.05) is 13.6 Å². The zero-order valence-corrected chi connectivity index (χ0v) is 11.8. The zero-order chi connectivity index (χ0) is 14.5. The Kier molecular flexibility index (Phi) is 4.77. The third-order valence-corrected chi connectivity index (χ3v) is 4.02. The molecule has 0 heterocycles. The topological polar surface area (TPSA) is 57.6 Å². The Balaban J connectivity index is 1.98. The minimum absolute atomic E-state index is 0.00870. The van der Waals surface area contributed by atoms with Crippen LogP contribution < -0.4 is 0 Å². The molecule has 0 aliphatic heterocycles. The van der Waals surface area contributed by atoms with Crippen molar-refractivity contribution in [2.24, 2.45) is 5.92 Å².